The average Bonchev–Trinajstić information content (AvgIpc) is 3.32. The minimum Gasteiger partial charge on any atom is -0.481 e. The second kappa shape index (κ2) is 11.8. The molecule has 0 aliphatic heterocycles. The van der Waals surface area contributed by atoms with E-state index in [-0.39, 0.29) is 36.5 Å². The zero-order chi connectivity index (χ0) is 29.9. The van der Waals surface area contributed by atoms with Gasteiger partial charge in [0.2, 0.25) is 0 Å². The molecule has 0 aliphatic rings. The largest absolute Gasteiger partial charge is 0.481 e. The van der Waals surface area contributed by atoms with Crippen molar-refractivity contribution in [2.24, 2.45) is 0 Å². The number of carbonyl (C=O) groups excluding carboxylic acids is 1. The van der Waals surface area contributed by atoms with Crippen LogP contribution in [0.15, 0.2) is 83.9 Å². The van der Waals surface area contributed by atoms with E-state index in [4.69, 9.17) is 0 Å². The maximum Gasteiger partial charge on any atom is 0.303 e. The van der Waals surface area contributed by atoms with E-state index in [1.54, 1.807) is 61.5 Å². The van der Waals surface area contributed by atoms with Gasteiger partial charge in [-0.15, -0.1) is 0 Å². The lowest BCUT2D eigenvalue weighted by Gasteiger charge is -2.25. The molecule has 9 nitrogen and oxygen atoms in total. The van der Waals surface area contributed by atoms with Gasteiger partial charge < -0.3 is 10.1 Å². The number of carboxylic acid groups (broad SMARTS) is 1. The number of fused-ring (bicyclic) bond motifs is 2. The fraction of sp³-hybridized carbons (Fsp3) is 0.188. The van der Waals surface area contributed by atoms with Gasteiger partial charge in [-0.2, -0.15) is 5.26 Å². The summed E-state index contributed by atoms with van der Waals surface area (Å²) in [5.74, 6) is -1.16. The quantitative estimate of drug-likeness (QED) is 0.189. The molecule has 3 aromatic carbocycles. The number of carboxylic acids is 1. The second-order valence-electron chi connectivity index (χ2n) is 9.95. The number of aromatic amines is 1. The Morgan fingerprint density at radius 2 is 1.81 bits per heavy atom. The molecule has 0 fully saturated rings. The predicted octanol–water partition coefficient (Wildman–Crippen LogP) is 5.77. The highest BCUT2D eigenvalue weighted by Gasteiger charge is 2.28. The fourth-order valence-corrected chi connectivity index (χ4v) is 6.88. The number of hydrogen-bond donors (Lipinski definition) is 2. The molecule has 0 radical (unpaired) electrons. The van der Waals surface area contributed by atoms with Crippen LogP contribution in [0.2, 0.25) is 0 Å². The van der Waals surface area contributed by atoms with Crippen molar-refractivity contribution < 1.29 is 23.1 Å². The Hall–Kier alpha value is -5.01. The molecule has 0 aliphatic carbocycles. The predicted molar refractivity (Wildman–Crippen MR) is 160 cm³/mol. The molecule has 0 amide bonds. The number of hydrogen-bond acceptors (Lipinski definition) is 6. The van der Waals surface area contributed by atoms with Crippen LogP contribution in [0.5, 0.6) is 0 Å². The number of rotatable bonds is 11. The first-order valence-corrected chi connectivity index (χ1v) is 14.9. The van der Waals surface area contributed by atoms with Crippen molar-refractivity contribution in [2.45, 2.75) is 37.5 Å². The number of Topliss-reactive ketones (excluding diaryl/α,β-unsaturated/α-hetero) is 1. The van der Waals surface area contributed by atoms with E-state index < -0.39 is 16.0 Å². The van der Waals surface area contributed by atoms with E-state index in [0.29, 0.717) is 50.7 Å². The number of aryl methyl sites for hydroxylation is 2. The van der Waals surface area contributed by atoms with Gasteiger partial charge in [0.25, 0.3) is 10.0 Å². The van der Waals surface area contributed by atoms with E-state index in [2.05, 4.69) is 16.0 Å². The van der Waals surface area contributed by atoms with Crippen LogP contribution in [-0.2, 0) is 21.2 Å². The van der Waals surface area contributed by atoms with Gasteiger partial charge in [-0.1, -0.05) is 36.4 Å². The van der Waals surface area contributed by atoms with Gasteiger partial charge >= 0.3 is 5.97 Å². The van der Waals surface area contributed by atoms with Crippen LogP contribution < -0.4 is 4.31 Å². The third-order valence-electron chi connectivity index (χ3n) is 7.21. The number of pyridine rings is 1. The molecular weight excluding hydrogens is 552 g/mol. The van der Waals surface area contributed by atoms with Crippen molar-refractivity contribution in [3.05, 3.63) is 101 Å². The lowest BCUT2D eigenvalue weighted by Crippen LogP contribution is -2.32. The third-order valence-corrected chi connectivity index (χ3v) is 9.07. The summed E-state index contributed by atoms with van der Waals surface area (Å²) in [6, 6.07) is 22.7. The van der Waals surface area contributed by atoms with E-state index in [0.717, 1.165) is 5.56 Å². The number of nitrogens with one attached hydrogen (secondary N) is 1. The SMILES string of the molecule is Cc1[nH]c2ccc(N(CCCC(=O)O)S(=O)(=O)c3cccc4cccnc34)cc2c1C(=O)CCc1ccccc1C#N. The highest BCUT2D eigenvalue weighted by Crippen LogP contribution is 2.33. The van der Waals surface area contributed by atoms with Crippen LogP contribution in [0.1, 0.15) is 46.4 Å². The van der Waals surface area contributed by atoms with Crippen molar-refractivity contribution in [1.29, 1.82) is 5.26 Å². The Morgan fingerprint density at radius 1 is 1.02 bits per heavy atom. The van der Waals surface area contributed by atoms with Gasteiger partial charge in [0, 0.05) is 53.1 Å². The second-order valence-corrected chi connectivity index (χ2v) is 11.8. The highest BCUT2D eigenvalue weighted by molar-refractivity contribution is 7.93. The van der Waals surface area contributed by atoms with Crippen molar-refractivity contribution >= 4 is 49.3 Å². The summed E-state index contributed by atoms with van der Waals surface area (Å²) in [5, 5.41) is 19.9. The smallest absolute Gasteiger partial charge is 0.303 e. The Morgan fingerprint density at radius 3 is 2.60 bits per heavy atom. The number of nitriles is 1. The molecular formula is C32H28N4O5S. The first kappa shape index (κ1) is 28.5. The van der Waals surface area contributed by atoms with Crippen molar-refractivity contribution in [3.63, 3.8) is 0 Å². The van der Waals surface area contributed by atoms with Crippen molar-refractivity contribution in [2.75, 3.05) is 10.8 Å². The maximum absolute atomic E-state index is 14.1. The van der Waals surface area contributed by atoms with E-state index >= 15 is 0 Å². The number of para-hydroxylation sites is 1. The molecule has 10 heteroatoms. The van der Waals surface area contributed by atoms with Gasteiger partial charge in [-0.25, -0.2) is 8.42 Å². The molecule has 2 N–H and O–H groups in total. The van der Waals surface area contributed by atoms with Gasteiger partial charge in [-0.05, 0) is 61.7 Å². The van der Waals surface area contributed by atoms with Crippen molar-refractivity contribution in [1.82, 2.24) is 9.97 Å². The summed E-state index contributed by atoms with van der Waals surface area (Å²) < 4.78 is 29.5. The number of aliphatic carboxylic acids is 1. The van der Waals surface area contributed by atoms with Crippen LogP contribution in [0.4, 0.5) is 5.69 Å². The topological polar surface area (TPSA) is 144 Å². The van der Waals surface area contributed by atoms with Crippen LogP contribution in [0.25, 0.3) is 21.8 Å². The highest BCUT2D eigenvalue weighted by atomic mass is 32.2. The summed E-state index contributed by atoms with van der Waals surface area (Å²) in [5.41, 5.74) is 3.71. The van der Waals surface area contributed by atoms with Crippen LogP contribution in [0, 0.1) is 18.3 Å². The molecule has 0 atom stereocenters. The molecule has 2 aromatic heterocycles. The maximum atomic E-state index is 14.1. The summed E-state index contributed by atoms with van der Waals surface area (Å²) in [6.45, 7) is 1.71. The number of nitrogens with zero attached hydrogens (tertiary/aromatic N) is 3. The van der Waals surface area contributed by atoms with Gasteiger partial charge in [0.1, 0.15) is 4.90 Å². The molecule has 0 bridgehead atoms. The summed E-state index contributed by atoms with van der Waals surface area (Å²) >= 11 is 0. The Kier molecular flexibility index (Phi) is 8.04. The number of H-pyrrole nitrogens is 1. The number of aromatic nitrogens is 2. The lowest BCUT2D eigenvalue weighted by atomic mass is 9.98. The molecule has 2 heterocycles. The van der Waals surface area contributed by atoms with Crippen LogP contribution >= 0.6 is 0 Å². The molecule has 5 rings (SSSR count). The Balaban J connectivity index is 1.55. The number of ketones is 1. The average molecular weight is 581 g/mol. The van der Waals surface area contributed by atoms with E-state index in [9.17, 15) is 28.4 Å². The Bertz CT molecular complexity index is 1970. The lowest BCUT2D eigenvalue weighted by molar-refractivity contribution is -0.137. The summed E-state index contributed by atoms with van der Waals surface area (Å²) in [6.07, 6.45) is 1.95. The molecule has 0 saturated carbocycles. The van der Waals surface area contributed by atoms with E-state index in [1.165, 1.54) is 16.6 Å². The summed E-state index contributed by atoms with van der Waals surface area (Å²) in [4.78, 5) is 32.3. The van der Waals surface area contributed by atoms with Crippen LogP contribution in [-0.4, -0.2) is 41.8 Å². The van der Waals surface area contributed by atoms with E-state index in [1.807, 2.05) is 12.1 Å². The molecule has 0 spiro atoms. The molecule has 5 aromatic rings. The molecule has 0 unspecified atom stereocenters. The minimum atomic E-state index is -4.18. The minimum absolute atomic E-state index is 0.00808. The third kappa shape index (κ3) is 5.60. The monoisotopic (exact) mass is 580 g/mol. The summed E-state index contributed by atoms with van der Waals surface area (Å²) in [7, 11) is -4.18. The fourth-order valence-electron chi connectivity index (χ4n) is 5.21. The van der Waals surface area contributed by atoms with Crippen LogP contribution in [0.3, 0.4) is 0 Å². The normalized spacial score (nSPS) is 11.4. The first-order chi connectivity index (χ1) is 20.2. The molecule has 212 valence electrons. The van der Waals surface area contributed by atoms with Gasteiger partial charge in [0.15, 0.2) is 5.78 Å². The van der Waals surface area contributed by atoms with Crippen molar-refractivity contribution in [3.8, 4) is 6.07 Å². The zero-order valence-corrected chi connectivity index (χ0v) is 23.7. The Labute approximate surface area is 243 Å². The number of anilines is 1. The van der Waals surface area contributed by atoms with Gasteiger partial charge in [-0.3, -0.25) is 18.9 Å². The molecule has 0 saturated heterocycles. The number of carbonyl (C=O) groups is 2. The molecule has 42 heavy (non-hydrogen) atoms. The standard InChI is InChI=1S/C32H28N4O5S/c1-21-31(28(37)16-13-22-7-2-3-8-24(22)20-33)26-19-25(14-15-27(26)35-21)36(18-6-12-30(38)39)42(40,41)29-11-4-9-23-10-5-17-34-32(23)29/h2-5,7-11,14-15,17,19,35H,6,12-13,16,18H2,1H3,(H,38,39). The zero-order valence-electron chi connectivity index (χ0n) is 22.9. The van der Waals surface area contributed by atoms with Gasteiger partial charge in [0.05, 0.1) is 22.8 Å². The number of benzene rings is 3. The number of sulfonamides is 1. The first-order valence-electron chi connectivity index (χ1n) is 13.4.